The molecular formula is C11H17ClN4. The molecule has 5 heteroatoms. The summed E-state index contributed by atoms with van der Waals surface area (Å²) in [6, 6.07) is 0.554. The summed E-state index contributed by atoms with van der Waals surface area (Å²) in [7, 11) is 2.01. The molecule has 2 rings (SSSR count). The fourth-order valence-corrected chi connectivity index (χ4v) is 2.09. The van der Waals surface area contributed by atoms with Crippen LogP contribution < -0.4 is 10.2 Å². The van der Waals surface area contributed by atoms with Gasteiger partial charge in [0, 0.05) is 19.6 Å². The third kappa shape index (κ3) is 3.06. The molecule has 1 atom stereocenters. The van der Waals surface area contributed by atoms with E-state index in [1.165, 1.54) is 19.3 Å². The summed E-state index contributed by atoms with van der Waals surface area (Å²) >= 11 is 5.75. The van der Waals surface area contributed by atoms with Crippen LogP contribution in [0.3, 0.4) is 0 Å². The largest absolute Gasteiger partial charge is 0.342 e. The number of nitrogens with one attached hydrogen (secondary N) is 1. The molecule has 88 valence electrons. The van der Waals surface area contributed by atoms with Crippen molar-refractivity contribution in [2.75, 3.05) is 25.0 Å². The molecule has 0 amide bonds. The first-order chi connectivity index (χ1) is 7.75. The standard InChI is InChI=1S/C11H17ClN4/c1-16(8-10-4-2-3-5-13-10)11-14-6-9(12)7-15-11/h6-7,10,13H,2-5,8H2,1H3. The highest BCUT2D eigenvalue weighted by Gasteiger charge is 2.15. The molecule has 2 heterocycles. The van der Waals surface area contributed by atoms with E-state index in [1.807, 2.05) is 7.05 Å². The van der Waals surface area contributed by atoms with Crippen LogP contribution in [0.5, 0.6) is 0 Å². The molecule has 0 spiro atoms. The van der Waals surface area contributed by atoms with E-state index in [2.05, 4.69) is 20.2 Å². The number of hydrogen-bond donors (Lipinski definition) is 1. The Balaban J connectivity index is 1.91. The zero-order valence-corrected chi connectivity index (χ0v) is 10.2. The summed E-state index contributed by atoms with van der Waals surface area (Å²) in [5.74, 6) is 0.733. The van der Waals surface area contributed by atoms with Crippen molar-refractivity contribution in [2.24, 2.45) is 0 Å². The number of rotatable bonds is 3. The first kappa shape index (κ1) is 11.6. The molecule has 1 N–H and O–H groups in total. The summed E-state index contributed by atoms with van der Waals surface area (Å²) in [6.45, 7) is 2.07. The van der Waals surface area contributed by atoms with E-state index < -0.39 is 0 Å². The first-order valence-corrected chi connectivity index (χ1v) is 6.05. The Hall–Kier alpha value is -0.870. The van der Waals surface area contributed by atoms with E-state index in [4.69, 9.17) is 11.6 Å². The Morgan fingerprint density at radius 3 is 2.81 bits per heavy atom. The maximum Gasteiger partial charge on any atom is 0.225 e. The predicted octanol–water partition coefficient (Wildman–Crippen LogP) is 1.71. The summed E-state index contributed by atoms with van der Waals surface area (Å²) in [5.41, 5.74) is 0. The van der Waals surface area contributed by atoms with Gasteiger partial charge in [-0.25, -0.2) is 9.97 Å². The van der Waals surface area contributed by atoms with E-state index in [0.29, 0.717) is 11.1 Å². The van der Waals surface area contributed by atoms with Crippen LogP contribution >= 0.6 is 11.6 Å². The lowest BCUT2D eigenvalue weighted by atomic mass is 10.0. The Bertz CT molecular complexity index is 321. The highest BCUT2D eigenvalue weighted by Crippen LogP contribution is 2.12. The third-order valence-corrected chi connectivity index (χ3v) is 3.05. The van der Waals surface area contributed by atoms with Gasteiger partial charge in [-0.05, 0) is 19.4 Å². The second kappa shape index (κ2) is 5.46. The van der Waals surface area contributed by atoms with Crippen LogP contribution in [-0.4, -0.2) is 36.1 Å². The molecular weight excluding hydrogens is 224 g/mol. The number of hydrogen-bond acceptors (Lipinski definition) is 4. The van der Waals surface area contributed by atoms with Gasteiger partial charge in [-0.1, -0.05) is 18.0 Å². The van der Waals surface area contributed by atoms with Gasteiger partial charge in [-0.15, -0.1) is 0 Å². The van der Waals surface area contributed by atoms with Gasteiger partial charge >= 0.3 is 0 Å². The molecule has 1 aliphatic rings. The lowest BCUT2D eigenvalue weighted by Crippen LogP contribution is -2.42. The normalized spacial score (nSPS) is 20.8. The monoisotopic (exact) mass is 240 g/mol. The molecule has 1 saturated heterocycles. The maximum atomic E-state index is 5.75. The number of anilines is 1. The molecule has 4 nitrogen and oxygen atoms in total. The topological polar surface area (TPSA) is 41.0 Å². The van der Waals surface area contributed by atoms with Gasteiger partial charge in [0.2, 0.25) is 5.95 Å². The van der Waals surface area contributed by atoms with Gasteiger partial charge in [0.25, 0.3) is 0 Å². The second-order valence-electron chi connectivity index (χ2n) is 4.23. The van der Waals surface area contributed by atoms with E-state index in [-0.39, 0.29) is 0 Å². The van der Waals surface area contributed by atoms with Gasteiger partial charge in [-0.3, -0.25) is 0 Å². The van der Waals surface area contributed by atoms with Crippen molar-refractivity contribution in [3.63, 3.8) is 0 Å². The number of nitrogens with zero attached hydrogens (tertiary/aromatic N) is 3. The maximum absolute atomic E-state index is 5.75. The SMILES string of the molecule is CN(CC1CCCCN1)c1ncc(Cl)cn1. The summed E-state index contributed by atoms with van der Waals surface area (Å²) in [5, 5.41) is 4.08. The summed E-state index contributed by atoms with van der Waals surface area (Å²) < 4.78 is 0. The molecule has 0 radical (unpaired) electrons. The summed E-state index contributed by atoms with van der Waals surface area (Å²) in [4.78, 5) is 10.5. The average Bonchev–Trinajstić information content (AvgIpc) is 2.31. The quantitative estimate of drug-likeness (QED) is 0.874. The molecule has 1 fully saturated rings. The zero-order chi connectivity index (χ0) is 11.4. The fraction of sp³-hybridized carbons (Fsp3) is 0.636. The van der Waals surface area contributed by atoms with Crippen LogP contribution in [0.1, 0.15) is 19.3 Å². The minimum Gasteiger partial charge on any atom is -0.342 e. The molecule has 0 bridgehead atoms. The minimum absolute atomic E-state index is 0.554. The van der Waals surface area contributed by atoms with Crippen LogP contribution in [0, 0.1) is 0 Å². The van der Waals surface area contributed by atoms with Crippen molar-refractivity contribution in [3.05, 3.63) is 17.4 Å². The molecule has 1 aliphatic heterocycles. The van der Waals surface area contributed by atoms with E-state index in [1.54, 1.807) is 12.4 Å². The zero-order valence-electron chi connectivity index (χ0n) is 9.49. The fourth-order valence-electron chi connectivity index (χ4n) is 1.99. The van der Waals surface area contributed by atoms with Gasteiger partial charge in [-0.2, -0.15) is 0 Å². The highest BCUT2D eigenvalue weighted by molar-refractivity contribution is 6.30. The van der Waals surface area contributed by atoms with Crippen molar-refractivity contribution in [3.8, 4) is 0 Å². The number of aromatic nitrogens is 2. The van der Waals surface area contributed by atoms with Crippen LogP contribution in [0.2, 0.25) is 5.02 Å². The number of piperidine rings is 1. The van der Waals surface area contributed by atoms with Gasteiger partial charge in [0.05, 0.1) is 17.4 Å². The average molecular weight is 241 g/mol. The lowest BCUT2D eigenvalue weighted by Gasteiger charge is -2.28. The predicted molar refractivity (Wildman–Crippen MR) is 66.0 cm³/mol. The van der Waals surface area contributed by atoms with Crippen molar-refractivity contribution < 1.29 is 0 Å². The molecule has 1 unspecified atom stereocenters. The molecule has 0 aromatic carbocycles. The van der Waals surface area contributed by atoms with Crippen LogP contribution in [0.4, 0.5) is 5.95 Å². The Morgan fingerprint density at radius 2 is 2.19 bits per heavy atom. The third-order valence-electron chi connectivity index (χ3n) is 2.85. The Kier molecular flexibility index (Phi) is 3.96. The molecule has 16 heavy (non-hydrogen) atoms. The highest BCUT2D eigenvalue weighted by atomic mass is 35.5. The van der Waals surface area contributed by atoms with Crippen molar-refractivity contribution >= 4 is 17.5 Å². The molecule has 0 saturated carbocycles. The van der Waals surface area contributed by atoms with Crippen LogP contribution in [0.15, 0.2) is 12.4 Å². The van der Waals surface area contributed by atoms with Gasteiger partial charge in [0.1, 0.15) is 0 Å². The van der Waals surface area contributed by atoms with Crippen molar-refractivity contribution in [1.29, 1.82) is 0 Å². The molecule has 1 aromatic heterocycles. The van der Waals surface area contributed by atoms with Crippen LogP contribution in [-0.2, 0) is 0 Å². The molecule has 1 aromatic rings. The van der Waals surface area contributed by atoms with Crippen molar-refractivity contribution in [2.45, 2.75) is 25.3 Å². The number of likely N-dealkylation sites (N-methyl/N-ethyl adjacent to an activating group) is 1. The molecule has 0 aliphatic carbocycles. The van der Waals surface area contributed by atoms with Gasteiger partial charge < -0.3 is 10.2 Å². The lowest BCUT2D eigenvalue weighted by molar-refractivity contribution is 0.402. The smallest absolute Gasteiger partial charge is 0.225 e. The van der Waals surface area contributed by atoms with E-state index in [0.717, 1.165) is 19.0 Å². The summed E-state index contributed by atoms with van der Waals surface area (Å²) in [6.07, 6.45) is 7.10. The Morgan fingerprint density at radius 1 is 1.44 bits per heavy atom. The first-order valence-electron chi connectivity index (χ1n) is 5.68. The van der Waals surface area contributed by atoms with Crippen LogP contribution in [0.25, 0.3) is 0 Å². The van der Waals surface area contributed by atoms with Gasteiger partial charge in [0.15, 0.2) is 0 Å². The van der Waals surface area contributed by atoms with E-state index >= 15 is 0 Å². The van der Waals surface area contributed by atoms with E-state index in [9.17, 15) is 0 Å². The second-order valence-corrected chi connectivity index (χ2v) is 4.67. The minimum atomic E-state index is 0.554. The number of halogens is 1. The van der Waals surface area contributed by atoms with Crippen molar-refractivity contribution in [1.82, 2.24) is 15.3 Å². The Labute approximate surface area is 101 Å².